The van der Waals surface area contributed by atoms with Crippen molar-refractivity contribution >= 4 is 111 Å². The summed E-state index contributed by atoms with van der Waals surface area (Å²) in [4.78, 5) is 15.6. The van der Waals surface area contributed by atoms with E-state index in [4.69, 9.17) is 19.4 Å². The third-order valence-corrected chi connectivity index (χ3v) is 13.1. The molecule has 11 rings (SSSR count). The first-order valence-electron chi connectivity index (χ1n) is 21.0. The largest absolute Gasteiger partial charge is 0.456 e. The van der Waals surface area contributed by atoms with Crippen LogP contribution in [0.25, 0.3) is 95.2 Å². The lowest BCUT2D eigenvalue weighted by Gasteiger charge is -2.20. The van der Waals surface area contributed by atoms with Crippen molar-refractivity contribution in [2.24, 2.45) is 0 Å². The van der Waals surface area contributed by atoms with E-state index in [1.54, 1.807) is 0 Å². The van der Waals surface area contributed by atoms with Gasteiger partial charge in [0.1, 0.15) is 50.4 Å². The normalized spacial score (nSPS) is 13.4. The van der Waals surface area contributed by atoms with Crippen molar-refractivity contribution in [2.75, 3.05) is 0 Å². The Morgan fingerprint density at radius 1 is 0.550 bits per heavy atom. The van der Waals surface area contributed by atoms with Crippen molar-refractivity contribution < 1.29 is 4.42 Å². The first kappa shape index (κ1) is 36.3. The average Bonchev–Trinajstić information content (AvgIpc) is 4.05. The highest BCUT2D eigenvalue weighted by atomic mass is 16.3. The van der Waals surface area contributed by atoms with Gasteiger partial charge >= 0.3 is 0 Å². The van der Waals surface area contributed by atoms with E-state index in [0.717, 1.165) is 63.6 Å². The van der Waals surface area contributed by atoms with Crippen LogP contribution in [0.4, 0.5) is 0 Å². The molecule has 0 spiro atoms. The van der Waals surface area contributed by atoms with Crippen molar-refractivity contribution in [2.45, 2.75) is 19.3 Å². The average molecular weight is 766 g/mol. The molecule has 0 atom stereocenters. The van der Waals surface area contributed by atoms with Gasteiger partial charge in [0, 0.05) is 49.8 Å². The fourth-order valence-corrected chi connectivity index (χ4v) is 9.59. The minimum absolute atomic E-state index is 0.621. The summed E-state index contributed by atoms with van der Waals surface area (Å²) in [6.45, 7) is 0. The zero-order valence-corrected chi connectivity index (χ0v) is 34.6. The summed E-state index contributed by atoms with van der Waals surface area (Å²) < 4.78 is 9.07. The lowest BCUT2D eigenvalue weighted by molar-refractivity contribution is 0.669. The monoisotopic (exact) mass is 766 g/mol. The third-order valence-electron chi connectivity index (χ3n) is 13.1. The maximum atomic E-state index is 6.61. The van der Waals surface area contributed by atoms with Crippen molar-refractivity contribution in [1.29, 1.82) is 0 Å². The molecule has 0 radical (unpaired) electrons. The maximum absolute atomic E-state index is 6.61. The van der Waals surface area contributed by atoms with Gasteiger partial charge < -0.3 is 8.98 Å². The Bertz CT molecular complexity index is 3330. The topological polar surface area (TPSA) is 56.7 Å². The Labute approximate surface area is 354 Å². The quantitative estimate of drug-likeness (QED) is 0.241. The SMILES string of the molecule is Bc1c(B)c(B)c(-c2cccc(-c3nc(C4=CCC=C4)nc(-c4cccc5oc6ccc(-n7c8c(c9ccc(-c%10ccccc%10)cc97)C=CCC8)cc6c45)n3)c2)c(B)c1B. The second-order valence-corrected chi connectivity index (χ2v) is 16.4. The smallest absolute Gasteiger partial charge is 0.164 e. The Balaban J connectivity index is 1.10. The van der Waals surface area contributed by atoms with Crippen LogP contribution in [0.15, 0.2) is 138 Å². The molecule has 0 bridgehead atoms. The van der Waals surface area contributed by atoms with E-state index in [0.29, 0.717) is 17.5 Å². The van der Waals surface area contributed by atoms with Crippen LogP contribution in [-0.4, -0.2) is 58.8 Å². The first-order valence-corrected chi connectivity index (χ1v) is 21.0. The van der Waals surface area contributed by atoms with Crippen molar-refractivity contribution in [1.82, 2.24) is 19.5 Å². The zero-order valence-electron chi connectivity index (χ0n) is 34.6. The third kappa shape index (κ3) is 5.80. The minimum Gasteiger partial charge on any atom is -0.456 e. The van der Waals surface area contributed by atoms with Gasteiger partial charge in [-0.2, -0.15) is 0 Å². The van der Waals surface area contributed by atoms with Gasteiger partial charge in [0.05, 0.1) is 5.52 Å². The fraction of sp³-hybridized carbons (Fsp3) is 0.0600. The van der Waals surface area contributed by atoms with E-state index in [9.17, 15) is 0 Å². The molecular formula is C50H39B5N4O. The Hall–Kier alpha value is -6.79. The molecule has 60 heavy (non-hydrogen) atoms. The van der Waals surface area contributed by atoms with Crippen LogP contribution in [0.3, 0.4) is 0 Å². The fourth-order valence-electron chi connectivity index (χ4n) is 9.59. The van der Waals surface area contributed by atoms with Gasteiger partial charge in [-0.25, -0.2) is 15.0 Å². The van der Waals surface area contributed by atoms with Crippen LogP contribution in [-0.2, 0) is 6.42 Å². The van der Waals surface area contributed by atoms with Gasteiger partial charge in [0.15, 0.2) is 17.5 Å². The number of furan rings is 1. The standard InChI is InChI=1S/C50H39B5N4O/c51-43-41(44(52)46(54)47(55)45(43)53)30-14-8-15-31(24-30)49-56-48(28-12-4-5-13-28)57-50(58-49)35-17-9-19-40-42(35)36-26-32(21-23-39(36)60-40)59-37-18-7-6-16-33(37)34-22-20-29(25-38(34)59)27-10-2-1-3-11-27/h1-4,6,8-17,19-26H,5,7,18,51-55H2. The summed E-state index contributed by atoms with van der Waals surface area (Å²) in [6.07, 6.45) is 13.9. The van der Waals surface area contributed by atoms with E-state index < -0.39 is 0 Å². The molecule has 3 heterocycles. The summed E-state index contributed by atoms with van der Waals surface area (Å²) in [5.74, 6) is 1.94. The van der Waals surface area contributed by atoms with Gasteiger partial charge in [-0.3, -0.25) is 0 Å². The van der Waals surface area contributed by atoms with E-state index in [2.05, 4.69) is 171 Å². The van der Waals surface area contributed by atoms with Crippen LogP contribution >= 0.6 is 0 Å². The number of aromatic nitrogens is 4. The molecule has 9 aromatic rings. The molecule has 3 aromatic heterocycles. The number of hydrogen-bond acceptors (Lipinski definition) is 4. The number of nitrogens with zero attached hydrogens (tertiary/aromatic N) is 4. The summed E-state index contributed by atoms with van der Waals surface area (Å²) in [7, 11) is 11.2. The Morgan fingerprint density at radius 3 is 2.12 bits per heavy atom. The summed E-state index contributed by atoms with van der Waals surface area (Å²) in [5.41, 5.74) is 21.0. The maximum Gasteiger partial charge on any atom is 0.164 e. The van der Waals surface area contributed by atoms with Crippen LogP contribution in [0.1, 0.15) is 29.9 Å². The summed E-state index contributed by atoms with van der Waals surface area (Å²) in [5, 5.41) is 3.29. The predicted octanol–water partition coefficient (Wildman–Crippen LogP) is 3.98. The Kier molecular flexibility index (Phi) is 8.59. The second kappa shape index (κ2) is 14.2. The molecule has 0 aliphatic heterocycles. The molecule has 0 saturated carbocycles. The van der Waals surface area contributed by atoms with Crippen LogP contribution in [0.5, 0.6) is 0 Å². The molecule has 10 heteroatoms. The molecule has 0 unspecified atom stereocenters. The van der Waals surface area contributed by atoms with Crippen molar-refractivity contribution in [3.05, 3.63) is 151 Å². The number of benzene rings is 6. The summed E-state index contributed by atoms with van der Waals surface area (Å²) in [6, 6.07) is 39.0. The number of hydrogen-bond donors (Lipinski definition) is 0. The van der Waals surface area contributed by atoms with Crippen LogP contribution in [0, 0.1) is 0 Å². The number of rotatable bonds is 6. The van der Waals surface area contributed by atoms with E-state index in [1.165, 1.54) is 71.7 Å². The second-order valence-electron chi connectivity index (χ2n) is 16.4. The van der Waals surface area contributed by atoms with Crippen LogP contribution in [0.2, 0.25) is 0 Å². The van der Waals surface area contributed by atoms with Crippen molar-refractivity contribution in [3.63, 3.8) is 0 Å². The van der Waals surface area contributed by atoms with E-state index >= 15 is 0 Å². The molecule has 0 fully saturated rings. The van der Waals surface area contributed by atoms with Crippen molar-refractivity contribution in [3.8, 4) is 50.7 Å². The molecule has 6 aromatic carbocycles. The lowest BCUT2D eigenvalue weighted by atomic mass is 9.59. The highest BCUT2D eigenvalue weighted by Crippen LogP contribution is 2.41. The van der Waals surface area contributed by atoms with E-state index in [1.807, 2.05) is 12.1 Å². The predicted molar refractivity (Wildman–Crippen MR) is 266 cm³/mol. The molecule has 0 amide bonds. The molecule has 0 saturated heterocycles. The first-order chi connectivity index (χ1) is 29.3. The zero-order chi connectivity index (χ0) is 40.6. The van der Waals surface area contributed by atoms with Gasteiger partial charge in [0.2, 0.25) is 0 Å². The highest BCUT2D eigenvalue weighted by molar-refractivity contribution is 6.68. The number of allylic oxidation sites excluding steroid dienone is 5. The number of fused-ring (bicyclic) bond motifs is 6. The molecule has 0 N–H and O–H groups in total. The molecule has 2 aliphatic carbocycles. The molecule has 280 valence electrons. The van der Waals surface area contributed by atoms with E-state index in [-0.39, 0.29) is 0 Å². The molecule has 5 nitrogen and oxygen atoms in total. The van der Waals surface area contributed by atoms with Gasteiger partial charge in [-0.1, -0.05) is 114 Å². The lowest BCUT2D eigenvalue weighted by Crippen LogP contribution is -2.55. The van der Waals surface area contributed by atoms with Crippen LogP contribution < -0.4 is 27.3 Å². The minimum atomic E-state index is 0.621. The Morgan fingerprint density at radius 2 is 1.30 bits per heavy atom. The summed E-state index contributed by atoms with van der Waals surface area (Å²) >= 11 is 0. The highest BCUT2D eigenvalue weighted by Gasteiger charge is 2.23. The molecular weight excluding hydrogens is 727 g/mol. The van der Waals surface area contributed by atoms with Gasteiger partial charge in [-0.05, 0) is 77.9 Å². The molecule has 2 aliphatic rings. The van der Waals surface area contributed by atoms with Gasteiger partial charge in [-0.15, -0.1) is 16.4 Å². The van der Waals surface area contributed by atoms with Gasteiger partial charge in [0.25, 0.3) is 0 Å².